The minimum absolute atomic E-state index is 0.793. The molecule has 0 saturated carbocycles. The molecule has 3 fully saturated rings. The normalized spacial score (nSPS) is 38.2. The molecule has 1 N–H and O–H groups in total. The molecule has 3 aliphatic rings. The van der Waals surface area contributed by atoms with Gasteiger partial charge in [-0.25, -0.2) is 0 Å². The van der Waals surface area contributed by atoms with Crippen molar-refractivity contribution in [2.75, 3.05) is 33.2 Å². The van der Waals surface area contributed by atoms with Crippen molar-refractivity contribution in [2.24, 2.45) is 0 Å². The molecule has 0 aromatic rings. The minimum atomic E-state index is 0.793. The van der Waals surface area contributed by atoms with Crippen molar-refractivity contribution in [3.63, 3.8) is 0 Å². The van der Waals surface area contributed by atoms with Crippen LogP contribution in [0.2, 0.25) is 0 Å². The lowest BCUT2D eigenvalue weighted by atomic mass is 9.99. The van der Waals surface area contributed by atoms with Crippen LogP contribution in [0.4, 0.5) is 0 Å². The van der Waals surface area contributed by atoms with Crippen LogP contribution in [0.25, 0.3) is 0 Å². The van der Waals surface area contributed by atoms with Gasteiger partial charge in [-0.2, -0.15) is 0 Å². The Balaban J connectivity index is 1.39. The van der Waals surface area contributed by atoms with Gasteiger partial charge in [-0.05, 0) is 65.2 Å². The highest BCUT2D eigenvalue weighted by atomic mass is 15.2. The molecular formula is C15H29N3. The molecular weight excluding hydrogens is 222 g/mol. The van der Waals surface area contributed by atoms with E-state index in [1.807, 2.05) is 0 Å². The van der Waals surface area contributed by atoms with Crippen LogP contribution >= 0.6 is 0 Å². The predicted molar refractivity (Wildman–Crippen MR) is 75.9 cm³/mol. The third-order valence-corrected chi connectivity index (χ3v) is 5.41. The zero-order valence-corrected chi connectivity index (χ0v) is 11.9. The molecule has 3 rings (SSSR count). The van der Waals surface area contributed by atoms with Crippen LogP contribution in [0, 0.1) is 0 Å². The molecule has 3 nitrogen and oxygen atoms in total. The Morgan fingerprint density at radius 3 is 2.83 bits per heavy atom. The molecule has 3 atom stereocenters. The summed E-state index contributed by atoms with van der Waals surface area (Å²) in [6.07, 6.45) is 9.84. The highest BCUT2D eigenvalue weighted by molar-refractivity contribution is 4.95. The van der Waals surface area contributed by atoms with E-state index in [1.54, 1.807) is 0 Å². The van der Waals surface area contributed by atoms with E-state index in [2.05, 4.69) is 22.2 Å². The summed E-state index contributed by atoms with van der Waals surface area (Å²) in [5.41, 5.74) is 0. The van der Waals surface area contributed by atoms with E-state index >= 15 is 0 Å². The maximum atomic E-state index is 3.85. The van der Waals surface area contributed by atoms with Gasteiger partial charge < -0.3 is 10.2 Å². The molecule has 18 heavy (non-hydrogen) atoms. The lowest BCUT2D eigenvalue weighted by Crippen LogP contribution is -2.42. The fourth-order valence-corrected chi connectivity index (χ4v) is 4.26. The second kappa shape index (κ2) is 5.89. The standard InChI is InChI=1S/C15H29N3/c1-17-10-3-2-5-13(17)7-9-16-14-8-12-18-11-4-6-15(14)18/h13-16H,2-12H2,1H3. The van der Waals surface area contributed by atoms with Crippen LogP contribution in [-0.4, -0.2) is 61.2 Å². The second-order valence-electron chi connectivity index (χ2n) is 6.51. The van der Waals surface area contributed by atoms with Crippen LogP contribution in [0.15, 0.2) is 0 Å². The van der Waals surface area contributed by atoms with Gasteiger partial charge in [-0.15, -0.1) is 0 Å². The van der Waals surface area contributed by atoms with Crippen molar-refractivity contribution >= 4 is 0 Å². The van der Waals surface area contributed by atoms with E-state index in [0.29, 0.717) is 0 Å². The minimum Gasteiger partial charge on any atom is -0.312 e. The Kier molecular flexibility index (Phi) is 4.22. The summed E-state index contributed by atoms with van der Waals surface area (Å²) in [4.78, 5) is 5.27. The Hall–Kier alpha value is -0.120. The monoisotopic (exact) mass is 251 g/mol. The van der Waals surface area contributed by atoms with Crippen LogP contribution in [0.1, 0.15) is 44.9 Å². The van der Waals surface area contributed by atoms with E-state index in [1.165, 1.54) is 71.1 Å². The first-order valence-corrected chi connectivity index (χ1v) is 8.02. The Bertz CT molecular complexity index is 268. The number of piperidine rings is 1. The summed E-state index contributed by atoms with van der Waals surface area (Å²) in [5.74, 6) is 0. The molecule has 3 saturated heterocycles. The maximum absolute atomic E-state index is 3.85. The maximum Gasteiger partial charge on any atom is 0.0250 e. The van der Waals surface area contributed by atoms with Gasteiger partial charge >= 0.3 is 0 Å². The van der Waals surface area contributed by atoms with Crippen molar-refractivity contribution in [1.29, 1.82) is 0 Å². The lowest BCUT2D eigenvalue weighted by Gasteiger charge is -2.33. The summed E-state index contributed by atoms with van der Waals surface area (Å²) < 4.78 is 0. The SMILES string of the molecule is CN1CCCCC1CCNC1CCN2CCCC12. The first-order valence-electron chi connectivity index (χ1n) is 8.02. The topological polar surface area (TPSA) is 18.5 Å². The number of nitrogens with zero attached hydrogens (tertiary/aromatic N) is 2. The number of nitrogens with one attached hydrogen (secondary N) is 1. The van der Waals surface area contributed by atoms with Crippen molar-refractivity contribution in [2.45, 2.75) is 63.1 Å². The summed E-state index contributed by atoms with van der Waals surface area (Å²) in [6, 6.07) is 2.50. The van der Waals surface area contributed by atoms with E-state index in [-0.39, 0.29) is 0 Å². The first kappa shape index (κ1) is 12.9. The van der Waals surface area contributed by atoms with Gasteiger partial charge in [0, 0.05) is 24.7 Å². The van der Waals surface area contributed by atoms with Crippen molar-refractivity contribution in [3.05, 3.63) is 0 Å². The molecule has 0 spiro atoms. The van der Waals surface area contributed by atoms with Crippen LogP contribution in [0.3, 0.4) is 0 Å². The number of rotatable bonds is 4. The van der Waals surface area contributed by atoms with E-state index < -0.39 is 0 Å². The molecule has 0 amide bonds. The fourth-order valence-electron chi connectivity index (χ4n) is 4.26. The summed E-state index contributed by atoms with van der Waals surface area (Å²) in [5, 5.41) is 3.85. The average molecular weight is 251 g/mol. The van der Waals surface area contributed by atoms with Crippen LogP contribution < -0.4 is 5.32 Å². The first-order chi connectivity index (χ1) is 8.84. The molecule has 3 heterocycles. The molecule has 3 unspecified atom stereocenters. The van der Waals surface area contributed by atoms with Crippen molar-refractivity contribution in [1.82, 2.24) is 15.1 Å². The predicted octanol–water partition coefficient (Wildman–Crippen LogP) is 1.69. The largest absolute Gasteiger partial charge is 0.312 e. The van der Waals surface area contributed by atoms with E-state index in [0.717, 1.165) is 18.1 Å². The summed E-state index contributed by atoms with van der Waals surface area (Å²) in [6.45, 7) is 5.23. The zero-order valence-electron chi connectivity index (χ0n) is 11.9. The van der Waals surface area contributed by atoms with Gasteiger partial charge in [0.1, 0.15) is 0 Å². The smallest absolute Gasteiger partial charge is 0.0250 e. The van der Waals surface area contributed by atoms with Gasteiger partial charge in [0.05, 0.1) is 0 Å². The molecule has 104 valence electrons. The Morgan fingerprint density at radius 2 is 1.94 bits per heavy atom. The van der Waals surface area contributed by atoms with Crippen LogP contribution in [-0.2, 0) is 0 Å². The molecule has 3 heteroatoms. The number of likely N-dealkylation sites (tertiary alicyclic amines) is 1. The lowest BCUT2D eigenvalue weighted by molar-refractivity contribution is 0.173. The van der Waals surface area contributed by atoms with Gasteiger partial charge in [-0.1, -0.05) is 6.42 Å². The van der Waals surface area contributed by atoms with E-state index in [9.17, 15) is 0 Å². The molecule has 0 aromatic heterocycles. The summed E-state index contributed by atoms with van der Waals surface area (Å²) in [7, 11) is 2.30. The van der Waals surface area contributed by atoms with Gasteiger partial charge in [0.15, 0.2) is 0 Å². The fraction of sp³-hybridized carbons (Fsp3) is 1.00. The van der Waals surface area contributed by atoms with Crippen LogP contribution in [0.5, 0.6) is 0 Å². The molecule has 0 aromatic carbocycles. The molecule has 3 aliphatic heterocycles. The molecule has 0 bridgehead atoms. The highest BCUT2D eigenvalue weighted by Gasteiger charge is 2.36. The summed E-state index contributed by atoms with van der Waals surface area (Å²) >= 11 is 0. The molecule has 0 radical (unpaired) electrons. The Morgan fingerprint density at radius 1 is 1.00 bits per heavy atom. The van der Waals surface area contributed by atoms with Gasteiger partial charge in [0.25, 0.3) is 0 Å². The molecule has 0 aliphatic carbocycles. The van der Waals surface area contributed by atoms with Gasteiger partial charge in [-0.3, -0.25) is 4.90 Å². The highest BCUT2D eigenvalue weighted by Crippen LogP contribution is 2.28. The number of fused-ring (bicyclic) bond motifs is 1. The third-order valence-electron chi connectivity index (χ3n) is 5.41. The number of hydrogen-bond acceptors (Lipinski definition) is 3. The zero-order chi connectivity index (χ0) is 12.4. The quantitative estimate of drug-likeness (QED) is 0.820. The third kappa shape index (κ3) is 2.73. The average Bonchev–Trinajstić information content (AvgIpc) is 2.96. The van der Waals surface area contributed by atoms with Crippen molar-refractivity contribution < 1.29 is 0 Å². The van der Waals surface area contributed by atoms with E-state index in [4.69, 9.17) is 0 Å². The second-order valence-corrected chi connectivity index (χ2v) is 6.51. The van der Waals surface area contributed by atoms with Crippen molar-refractivity contribution in [3.8, 4) is 0 Å². The van der Waals surface area contributed by atoms with Gasteiger partial charge in [0.2, 0.25) is 0 Å². The Labute approximate surface area is 112 Å². The number of hydrogen-bond donors (Lipinski definition) is 1.